The van der Waals surface area contributed by atoms with Crippen molar-refractivity contribution in [3.63, 3.8) is 0 Å². The number of rotatable bonds is 26. The minimum Gasteiger partial charge on any atom is -0.491 e. The first kappa shape index (κ1) is 91.8. The lowest BCUT2D eigenvalue weighted by atomic mass is 9.56. The van der Waals surface area contributed by atoms with E-state index < -0.39 is 24.5 Å². The molecule has 8 N–H and O–H groups in total. The molecule has 492 valence electrons. The van der Waals surface area contributed by atoms with E-state index in [2.05, 4.69) is 89.1 Å². The number of aliphatic carboxylic acids is 1. The van der Waals surface area contributed by atoms with Crippen molar-refractivity contribution >= 4 is 55.7 Å². The summed E-state index contributed by atoms with van der Waals surface area (Å²) in [6, 6.07) is 5.23. The van der Waals surface area contributed by atoms with Gasteiger partial charge >= 0.3 is 6.09 Å². The van der Waals surface area contributed by atoms with Gasteiger partial charge in [-0.2, -0.15) is 17.7 Å². The highest BCUT2D eigenvalue weighted by Crippen LogP contribution is 2.55. The zero-order valence-corrected chi connectivity index (χ0v) is 55.8. The zero-order chi connectivity index (χ0) is 65.9. The number of aliphatic hydroxyl groups excluding tert-OH is 2. The molecule has 2 fully saturated rings. The van der Waals surface area contributed by atoms with Crippen LogP contribution in [0.3, 0.4) is 0 Å². The molecular weight excluding hydrogens is 1090 g/mol. The van der Waals surface area contributed by atoms with E-state index in [1.54, 1.807) is 31.4 Å². The highest BCUT2D eigenvalue weighted by atomic mass is 32.1. The number of aliphatic hydroxyl groups is 2. The number of carbonyl (C=O) groups excluding carboxylic acids is 3. The normalized spacial score (nSPS) is 18.8. The lowest BCUT2D eigenvalue weighted by molar-refractivity contribution is -0.170. The van der Waals surface area contributed by atoms with E-state index in [1.807, 2.05) is 66.7 Å². The number of thiol groups is 1. The third-order valence-electron chi connectivity index (χ3n) is 11.0. The maximum atomic E-state index is 13.0. The van der Waals surface area contributed by atoms with E-state index in [1.165, 1.54) is 6.42 Å². The molecule has 1 aromatic carbocycles. The van der Waals surface area contributed by atoms with Crippen molar-refractivity contribution in [2.45, 2.75) is 219 Å². The lowest BCUT2D eigenvalue weighted by Gasteiger charge is -2.53. The molecule has 0 spiro atoms. The molecule has 1 saturated carbocycles. The number of alkyl carbamates (subject to hydrolysis) is 1. The van der Waals surface area contributed by atoms with Crippen LogP contribution in [0.15, 0.2) is 23.3 Å². The highest BCUT2D eigenvalue weighted by molar-refractivity contribution is 7.79. The largest absolute Gasteiger partial charge is 0.491 e. The Morgan fingerprint density at radius 3 is 1.90 bits per heavy atom. The molecule has 1 saturated heterocycles. The van der Waals surface area contributed by atoms with Gasteiger partial charge in [0.1, 0.15) is 24.7 Å². The number of carbonyl (C=O) groups is 6. The smallest absolute Gasteiger partial charge is 0.407 e. The number of ether oxygens (including phenoxy) is 6. The minimum absolute atomic E-state index is 0.0535. The summed E-state index contributed by atoms with van der Waals surface area (Å²) in [5.41, 5.74) is 0.569. The Balaban J connectivity index is -0.000000436. The van der Waals surface area contributed by atoms with Gasteiger partial charge in [-0.25, -0.2) is 4.79 Å². The zero-order valence-electron chi connectivity index (χ0n) is 54.9. The Bertz CT molecular complexity index is 1710. The number of carboxylic acid groups (broad SMARTS) is 3. The number of carboxylic acids is 1. The molecule has 1 aliphatic heterocycles. The first-order chi connectivity index (χ1) is 39.5. The van der Waals surface area contributed by atoms with E-state index in [9.17, 15) is 19.5 Å². The van der Waals surface area contributed by atoms with Gasteiger partial charge in [0.15, 0.2) is 0 Å². The topological polar surface area (TPSA) is 311 Å². The van der Waals surface area contributed by atoms with Crippen LogP contribution in [-0.4, -0.2) is 171 Å². The van der Waals surface area contributed by atoms with Gasteiger partial charge in [0, 0.05) is 84.4 Å². The molecule has 3 rings (SSSR count). The number of amides is 3. The number of hydrogen-bond acceptors (Lipinski definition) is 17. The van der Waals surface area contributed by atoms with Gasteiger partial charge in [-0.15, -0.1) is 0 Å². The number of hydrogen-bond donors (Lipinski definition) is 9. The summed E-state index contributed by atoms with van der Waals surface area (Å²) >= 11 is 3.53. The van der Waals surface area contributed by atoms with Crippen LogP contribution in [0.1, 0.15) is 194 Å². The van der Waals surface area contributed by atoms with Crippen LogP contribution < -0.4 is 25.4 Å². The van der Waals surface area contributed by atoms with E-state index in [-0.39, 0.29) is 86.7 Å². The number of benzene rings is 1. The average molecular weight is 1210 g/mol. The van der Waals surface area contributed by atoms with Crippen molar-refractivity contribution in [2.24, 2.45) is 21.8 Å². The first-order valence-corrected chi connectivity index (χ1v) is 30.2. The van der Waals surface area contributed by atoms with Gasteiger partial charge in [-0.05, 0) is 80.6 Å². The minimum atomic E-state index is -0.833. The molecule has 6 unspecified atom stereocenters. The Morgan fingerprint density at radius 2 is 1.39 bits per heavy atom. The summed E-state index contributed by atoms with van der Waals surface area (Å²) in [5.74, 6) is 0.178. The van der Waals surface area contributed by atoms with Crippen LogP contribution in [0.4, 0.5) is 4.79 Å². The second kappa shape index (κ2) is 61.6. The van der Waals surface area contributed by atoms with E-state index in [4.69, 9.17) is 63.2 Å². The number of hydrazone groups is 1. The van der Waals surface area contributed by atoms with Crippen LogP contribution >= 0.6 is 12.6 Å². The van der Waals surface area contributed by atoms with Gasteiger partial charge < -0.3 is 74.9 Å². The summed E-state index contributed by atoms with van der Waals surface area (Å²) < 4.78 is 36.2. The van der Waals surface area contributed by atoms with Crippen molar-refractivity contribution in [3.8, 4) is 11.5 Å². The second-order valence-corrected chi connectivity index (χ2v) is 19.3. The molecule has 3 amide bonds. The second-order valence-electron chi connectivity index (χ2n) is 19.3. The summed E-state index contributed by atoms with van der Waals surface area (Å²) in [5, 5.41) is 53.3. The molecule has 2 aliphatic rings. The van der Waals surface area contributed by atoms with Crippen molar-refractivity contribution in [1.29, 1.82) is 0 Å². The summed E-state index contributed by atoms with van der Waals surface area (Å²) in [4.78, 5) is 62.1. The Morgan fingerprint density at radius 1 is 0.843 bits per heavy atom. The van der Waals surface area contributed by atoms with E-state index >= 15 is 0 Å². The maximum Gasteiger partial charge on any atom is 0.407 e. The fourth-order valence-corrected chi connectivity index (χ4v) is 8.85. The molecule has 22 nitrogen and oxygen atoms in total. The molecule has 0 radical (unpaired) electrons. The standard InChI is InChI=1S/C45H77N5O10.C3H8.C2H4O2.3C2H6.2CH2O2.CH4O.CH4S/c1-10-16-49-50(9)28-33(4)27-45(31-43(6,7)30-44(8,12-3)32-45)58-21-19-48-42(54)57-29-35-13-14-37(60-41-25-36(51)24-34(5)59-41)26-38(35)56-23-22-55-20-18-47-40(53)15-17-46-39(52)11-2;1-3-2;1-2(3)4;3*1-2;2*2-1-3;2*1-2/h13-14,16,26,33-34,36,41,51H,10-12,15,17-25,27-32H2,1-9H3,(H,46,52)(H,47,53)(H,48,54);3H2,1-2H3;1H3,(H,3,4);3*1-2H3;2*1H,(H,2,3);2*2H,1H3/b49-16-;;;;;;;;;. The van der Waals surface area contributed by atoms with Crippen LogP contribution in [0.25, 0.3) is 0 Å². The summed E-state index contributed by atoms with van der Waals surface area (Å²) in [7, 11) is 3.02. The molecule has 6 atom stereocenters. The fourth-order valence-electron chi connectivity index (χ4n) is 8.85. The van der Waals surface area contributed by atoms with Gasteiger partial charge in [-0.3, -0.25) is 24.0 Å². The van der Waals surface area contributed by atoms with Crippen molar-refractivity contribution in [2.75, 3.05) is 73.0 Å². The van der Waals surface area contributed by atoms with Gasteiger partial charge in [0.05, 0.1) is 37.6 Å². The third kappa shape index (κ3) is 54.7. The monoisotopic (exact) mass is 1210 g/mol. The van der Waals surface area contributed by atoms with Gasteiger partial charge in [-0.1, -0.05) is 117 Å². The fraction of sp³-hybridized carbons (Fsp3) is 0.783. The number of nitrogens with zero attached hydrogens (tertiary/aromatic N) is 2. The molecule has 0 bridgehead atoms. The molecule has 1 aliphatic carbocycles. The predicted octanol–water partition coefficient (Wildman–Crippen LogP) is 10.5. The molecule has 1 heterocycles. The summed E-state index contributed by atoms with van der Waals surface area (Å²) in [6.07, 6.45) is 10.4. The van der Waals surface area contributed by atoms with Crippen LogP contribution in [0, 0.1) is 16.7 Å². The Hall–Kier alpha value is -4.94. The van der Waals surface area contributed by atoms with Crippen LogP contribution in [0.2, 0.25) is 0 Å². The van der Waals surface area contributed by atoms with Crippen LogP contribution in [-0.2, 0) is 49.5 Å². The Kier molecular flexibility index (Phi) is 68.1. The average Bonchev–Trinajstić information content (AvgIpc) is 3.44. The molecule has 83 heavy (non-hydrogen) atoms. The molecular formula is C60H119N5O17S. The molecule has 0 aromatic heterocycles. The lowest BCUT2D eigenvalue weighted by Crippen LogP contribution is -2.50. The Labute approximate surface area is 506 Å². The predicted molar refractivity (Wildman–Crippen MR) is 336 cm³/mol. The van der Waals surface area contributed by atoms with Crippen molar-refractivity contribution < 1.29 is 82.7 Å². The molecule has 1 aromatic rings. The van der Waals surface area contributed by atoms with Gasteiger partial charge in [0.2, 0.25) is 18.1 Å². The SMILES string of the molecule is CC.CC.CC.CC(=O)O.CC/C=N\N(C)CC(C)CC1(OCCNC(=O)OCc2ccc(OC3CC(O)CC(C)O3)cc2OCCOCCNC(=O)CCNC(=O)CC)CC(C)(C)CC(C)(CC)C1.CCC.CO.CS.O=CO.O=CO. The highest BCUT2D eigenvalue weighted by Gasteiger charge is 2.49. The van der Waals surface area contributed by atoms with Crippen LogP contribution in [0.5, 0.6) is 11.5 Å². The van der Waals surface area contributed by atoms with Crippen molar-refractivity contribution in [1.82, 2.24) is 21.0 Å². The first-order valence-electron chi connectivity index (χ1n) is 29.4. The third-order valence-corrected chi connectivity index (χ3v) is 11.0. The van der Waals surface area contributed by atoms with E-state index in [0.29, 0.717) is 61.9 Å². The molecule has 23 heteroatoms. The number of nitrogens with one attached hydrogen (secondary N) is 3. The van der Waals surface area contributed by atoms with E-state index in [0.717, 1.165) is 59.1 Å². The van der Waals surface area contributed by atoms with Gasteiger partial charge in [0.25, 0.3) is 18.9 Å². The quantitative estimate of drug-likeness (QED) is 0.0137. The maximum absolute atomic E-state index is 13.0. The summed E-state index contributed by atoms with van der Waals surface area (Å²) in [6.45, 7) is 36.9. The van der Waals surface area contributed by atoms with Crippen molar-refractivity contribution in [3.05, 3.63) is 23.8 Å².